The topological polar surface area (TPSA) is 67.6 Å². The fourth-order valence-electron chi connectivity index (χ4n) is 3.78. The third-order valence-electron chi connectivity index (χ3n) is 5.03. The summed E-state index contributed by atoms with van der Waals surface area (Å²) < 4.78 is 5.29. The van der Waals surface area contributed by atoms with Crippen LogP contribution in [0.4, 0.5) is 5.69 Å². The Hall–Kier alpha value is -2.53. The Kier molecular flexibility index (Phi) is 3.46. The largest absolute Gasteiger partial charge is 0.497 e. The van der Waals surface area contributed by atoms with Crippen LogP contribution in [0.1, 0.15) is 45.7 Å². The van der Waals surface area contributed by atoms with Gasteiger partial charge in [0.05, 0.1) is 18.4 Å². The molecule has 4 rings (SSSR count). The van der Waals surface area contributed by atoms with Crippen molar-refractivity contribution in [3.8, 4) is 5.75 Å². The average molecular weight is 323 g/mol. The first kappa shape index (κ1) is 15.0. The zero-order valence-electron chi connectivity index (χ0n) is 13.9. The highest BCUT2D eigenvalue weighted by Crippen LogP contribution is 2.42. The van der Waals surface area contributed by atoms with Gasteiger partial charge < -0.3 is 20.7 Å². The fourth-order valence-corrected chi connectivity index (χ4v) is 3.78. The molecule has 0 saturated carbocycles. The summed E-state index contributed by atoms with van der Waals surface area (Å²) in [5.41, 5.74) is 11.2. The lowest BCUT2D eigenvalue weighted by molar-refractivity contribution is 0.0925. The van der Waals surface area contributed by atoms with Gasteiger partial charge in [-0.3, -0.25) is 4.79 Å². The fraction of sp³-hybridized carbons (Fsp3) is 0.316. The second-order valence-corrected chi connectivity index (χ2v) is 6.43. The van der Waals surface area contributed by atoms with Crippen molar-refractivity contribution >= 4 is 11.6 Å². The molecule has 5 nitrogen and oxygen atoms in total. The second kappa shape index (κ2) is 5.53. The Morgan fingerprint density at radius 1 is 1.25 bits per heavy atom. The summed E-state index contributed by atoms with van der Waals surface area (Å²) in [4.78, 5) is 14.9. The maximum Gasteiger partial charge on any atom is 0.255 e. The number of para-hydroxylation sites is 1. The zero-order valence-corrected chi connectivity index (χ0v) is 13.9. The lowest BCUT2D eigenvalue weighted by Gasteiger charge is -2.44. The molecule has 2 heterocycles. The van der Waals surface area contributed by atoms with Gasteiger partial charge in [0.25, 0.3) is 5.91 Å². The van der Waals surface area contributed by atoms with E-state index in [1.165, 1.54) is 0 Å². The molecule has 2 aliphatic rings. The number of amides is 1. The number of ether oxygens (including phenoxy) is 1. The van der Waals surface area contributed by atoms with Crippen molar-refractivity contribution in [1.82, 2.24) is 5.32 Å². The molecule has 3 N–H and O–H groups in total. The molecule has 0 aromatic heterocycles. The van der Waals surface area contributed by atoms with Crippen LogP contribution in [0.2, 0.25) is 0 Å². The molecule has 2 aromatic carbocycles. The zero-order chi connectivity index (χ0) is 16.8. The molecule has 2 aromatic rings. The van der Waals surface area contributed by atoms with Gasteiger partial charge in [-0.1, -0.05) is 18.2 Å². The molecule has 0 bridgehead atoms. The summed E-state index contributed by atoms with van der Waals surface area (Å²) in [5, 5.41) is 3.15. The van der Waals surface area contributed by atoms with Crippen LogP contribution in [-0.4, -0.2) is 19.6 Å². The van der Waals surface area contributed by atoms with Crippen molar-refractivity contribution < 1.29 is 9.53 Å². The lowest BCUT2D eigenvalue weighted by atomic mass is 9.90. The minimum absolute atomic E-state index is 0.0142. The number of anilines is 1. The van der Waals surface area contributed by atoms with Crippen LogP contribution in [0.3, 0.4) is 0 Å². The van der Waals surface area contributed by atoms with Crippen LogP contribution < -0.4 is 20.7 Å². The number of nitrogens with two attached hydrogens (primary N) is 1. The van der Waals surface area contributed by atoms with E-state index in [1.54, 1.807) is 7.11 Å². The monoisotopic (exact) mass is 323 g/mol. The van der Waals surface area contributed by atoms with Gasteiger partial charge in [0.15, 0.2) is 0 Å². The summed E-state index contributed by atoms with van der Waals surface area (Å²) >= 11 is 0. The predicted molar refractivity (Wildman–Crippen MR) is 93.3 cm³/mol. The standard InChI is InChI=1S/C19H21N3O2/c1-11-10-12(24-2)6-7-13(11)18-21-19(23)15-5-3-4-14-16(20)8-9-22(18)17(14)15/h3-7,10,16,18H,8-9,20H2,1-2H3,(H,21,23)/t16-,18+/m0/s1. The molecule has 0 unspecified atom stereocenters. The molecular formula is C19H21N3O2. The lowest BCUT2D eigenvalue weighted by Crippen LogP contribution is -2.50. The van der Waals surface area contributed by atoms with E-state index in [2.05, 4.69) is 10.2 Å². The normalized spacial score (nSPS) is 22.0. The van der Waals surface area contributed by atoms with Gasteiger partial charge in [0.1, 0.15) is 11.9 Å². The van der Waals surface area contributed by atoms with E-state index in [4.69, 9.17) is 10.5 Å². The van der Waals surface area contributed by atoms with Gasteiger partial charge in [-0.2, -0.15) is 0 Å². The van der Waals surface area contributed by atoms with Crippen LogP contribution in [0.15, 0.2) is 36.4 Å². The van der Waals surface area contributed by atoms with E-state index >= 15 is 0 Å². The van der Waals surface area contributed by atoms with E-state index in [9.17, 15) is 4.79 Å². The molecule has 0 radical (unpaired) electrons. The maximum absolute atomic E-state index is 12.6. The first-order valence-corrected chi connectivity index (χ1v) is 8.20. The number of rotatable bonds is 2. The summed E-state index contributed by atoms with van der Waals surface area (Å²) in [6.45, 7) is 2.86. The van der Waals surface area contributed by atoms with E-state index in [0.29, 0.717) is 5.56 Å². The van der Waals surface area contributed by atoms with Crippen LogP contribution >= 0.6 is 0 Å². The molecule has 0 saturated heterocycles. The molecule has 2 atom stereocenters. The van der Waals surface area contributed by atoms with Crippen molar-refractivity contribution in [3.63, 3.8) is 0 Å². The first-order chi connectivity index (χ1) is 11.6. The van der Waals surface area contributed by atoms with Gasteiger partial charge in [-0.15, -0.1) is 0 Å². The van der Waals surface area contributed by atoms with Gasteiger partial charge in [-0.25, -0.2) is 0 Å². The molecule has 0 fully saturated rings. The van der Waals surface area contributed by atoms with E-state index in [-0.39, 0.29) is 18.1 Å². The maximum atomic E-state index is 12.6. The van der Waals surface area contributed by atoms with Crippen LogP contribution in [0.5, 0.6) is 5.75 Å². The van der Waals surface area contributed by atoms with Gasteiger partial charge >= 0.3 is 0 Å². The van der Waals surface area contributed by atoms with Crippen molar-refractivity contribution in [2.45, 2.75) is 25.6 Å². The highest BCUT2D eigenvalue weighted by molar-refractivity contribution is 6.03. The molecule has 124 valence electrons. The van der Waals surface area contributed by atoms with Crippen molar-refractivity contribution in [3.05, 3.63) is 58.7 Å². The Balaban J connectivity index is 1.84. The Morgan fingerprint density at radius 2 is 2.08 bits per heavy atom. The van der Waals surface area contributed by atoms with Crippen LogP contribution in [0, 0.1) is 6.92 Å². The third kappa shape index (κ3) is 2.16. The summed E-state index contributed by atoms with van der Waals surface area (Å²) in [7, 11) is 1.66. The van der Waals surface area contributed by atoms with Gasteiger partial charge in [0.2, 0.25) is 0 Å². The second-order valence-electron chi connectivity index (χ2n) is 6.43. The number of carbonyl (C=O) groups excluding carboxylic acids is 1. The number of nitrogens with one attached hydrogen (secondary N) is 1. The highest BCUT2D eigenvalue weighted by atomic mass is 16.5. The Bertz CT molecular complexity index is 818. The van der Waals surface area contributed by atoms with Crippen molar-refractivity contribution in [2.24, 2.45) is 5.73 Å². The number of methoxy groups -OCH3 is 1. The Labute approximate surface area is 141 Å². The highest BCUT2D eigenvalue weighted by Gasteiger charge is 2.37. The number of hydrogen-bond donors (Lipinski definition) is 2. The smallest absolute Gasteiger partial charge is 0.255 e. The number of nitrogens with zero attached hydrogens (tertiary/aromatic N) is 1. The number of carbonyl (C=O) groups is 1. The third-order valence-corrected chi connectivity index (χ3v) is 5.03. The van der Waals surface area contributed by atoms with Crippen molar-refractivity contribution in [1.29, 1.82) is 0 Å². The number of hydrogen-bond acceptors (Lipinski definition) is 4. The average Bonchev–Trinajstić information content (AvgIpc) is 2.60. The number of benzene rings is 2. The summed E-state index contributed by atoms with van der Waals surface area (Å²) in [6, 6.07) is 11.8. The summed E-state index contributed by atoms with van der Waals surface area (Å²) in [5.74, 6) is 0.776. The molecule has 0 spiro atoms. The minimum atomic E-state index is -0.176. The number of aryl methyl sites for hydroxylation is 1. The van der Waals surface area contributed by atoms with Crippen LogP contribution in [0.25, 0.3) is 0 Å². The van der Waals surface area contributed by atoms with E-state index < -0.39 is 0 Å². The van der Waals surface area contributed by atoms with E-state index in [0.717, 1.165) is 41.1 Å². The molecule has 24 heavy (non-hydrogen) atoms. The predicted octanol–water partition coefficient (Wildman–Crippen LogP) is 2.66. The molecule has 2 aliphatic heterocycles. The Morgan fingerprint density at radius 3 is 2.83 bits per heavy atom. The van der Waals surface area contributed by atoms with Gasteiger partial charge in [0, 0.05) is 12.6 Å². The molecule has 5 heteroatoms. The first-order valence-electron chi connectivity index (χ1n) is 8.20. The summed E-state index contributed by atoms with van der Waals surface area (Å²) in [6.07, 6.45) is 0.697. The molecular weight excluding hydrogens is 302 g/mol. The quantitative estimate of drug-likeness (QED) is 0.891. The van der Waals surface area contributed by atoms with Crippen molar-refractivity contribution in [2.75, 3.05) is 18.6 Å². The SMILES string of the molecule is COc1ccc([C@@H]2NC(=O)c3cccc4c3N2CC[C@@H]4N)c(C)c1. The van der Waals surface area contributed by atoms with Gasteiger partial charge in [-0.05, 0) is 48.2 Å². The molecule has 1 amide bonds. The minimum Gasteiger partial charge on any atom is -0.497 e. The van der Waals surface area contributed by atoms with Crippen LogP contribution in [-0.2, 0) is 0 Å². The van der Waals surface area contributed by atoms with E-state index in [1.807, 2.05) is 43.3 Å². The molecule has 0 aliphatic carbocycles.